The predicted octanol–water partition coefficient (Wildman–Crippen LogP) is -7.19. The summed E-state index contributed by atoms with van der Waals surface area (Å²) in [5.41, 5.74) is 0. The topological polar surface area (TPSA) is 60.7 Å². The zero-order valence-corrected chi connectivity index (χ0v) is 9.33. The molecule has 8 heavy (non-hydrogen) atoms. The number of aliphatic hydroxyl groups excluding tert-OH is 3. The number of aliphatic hydroxyl groups is 3. The third-order valence-corrected chi connectivity index (χ3v) is 0.421. The van der Waals surface area contributed by atoms with Crippen LogP contribution in [0, 0.1) is 0 Å². The van der Waals surface area contributed by atoms with Crippen LogP contribution in [0.15, 0.2) is 0 Å². The third-order valence-electron chi connectivity index (χ3n) is 0.421. The molecule has 0 amide bonds. The fourth-order valence-corrected chi connectivity index (χ4v) is 0.0577. The molecule has 3 N–H and O–H groups in total. The smallest absolute Gasteiger partial charge is 1.00 e. The van der Waals surface area contributed by atoms with Crippen molar-refractivity contribution in [1.82, 2.24) is 0 Å². The van der Waals surface area contributed by atoms with Crippen LogP contribution in [0.3, 0.4) is 0 Å². The van der Waals surface area contributed by atoms with Crippen LogP contribution in [0.4, 0.5) is 0 Å². The van der Waals surface area contributed by atoms with Crippen LogP contribution in [0.2, 0.25) is 0 Å². The van der Waals surface area contributed by atoms with E-state index in [-0.39, 0.29) is 76.6 Å². The largest absolute Gasteiger partial charge is 1.00 e. The van der Waals surface area contributed by atoms with Gasteiger partial charge in [-0.1, -0.05) is 0 Å². The molecule has 0 fully saturated rings. The molecule has 44 valence electrons. The SMILES string of the molecule is OCC(O)CO.[H-].[H-].[HH].[Na+].[Na+]. The van der Waals surface area contributed by atoms with E-state index in [4.69, 9.17) is 15.3 Å². The Hall–Kier alpha value is 1.88. The number of hydrogen-bond acceptors (Lipinski definition) is 3. The van der Waals surface area contributed by atoms with Crippen LogP contribution in [-0.4, -0.2) is 34.6 Å². The molecule has 0 aromatic rings. The Labute approximate surface area is 97.1 Å². The van der Waals surface area contributed by atoms with Crippen LogP contribution < -0.4 is 59.1 Å². The van der Waals surface area contributed by atoms with Crippen molar-refractivity contribution in [1.29, 1.82) is 0 Å². The Balaban J connectivity index is -0.0000000125. The van der Waals surface area contributed by atoms with Crippen molar-refractivity contribution in [3.05, 3.63) is 0 Å². The van der Waals surface area contributed by atoms with E-state index in [0.717, 1.165) is 0 Å². The first-order valence-corrected chi connectivity index (χ1v) is 1.71. The molecule has 0 bridgehead atoms. The van der Waals surface area contributed by atoms with Crippen molar-refractivity contribution in [2.75, 3.05) is 13.2 Å². The zero-order chi connectivity index (χ0) is 4.99. The van der Waals surface area contributed by atoms with Gasteiger partial charge in [0.05, 0.1) is 13.2 Å². The van der Waals surface area contributed by atoms with Crippen LogP contribution in [-0.2, 0) is 0 Å². The average Bonchev–Trinajstić information content (AvgIpc) is 1.65. The van der Waals surface area contributed by atoms with Crippen LogP contribution in [0.1, 0.15) is 4.28 Å². The molecule has 0 saturated heterocycles. The second-order valence-electron chi connectivity index (χ2n) is 1.02. The van der Waals surface area contributed by atoms with Crippen molar-refractivity contribution < 1.29 is 78.7 Å². The van der Waals surface area contributed by atoms with E-state index in [0.29, 0.717) is 0 Å². The summed E-state index contributed by atoms with van der Waals surface area (Å²) < 4.78 is 0. The van der Waals surface area contributed by atoms with Crippen molar-refractivity contribution in [3.8, 4) is 0 Å². The first-order chi connectivity index (χ1) is 2.81. The standard InChI is InChI=1S/C3H8O3.2Na.H2.2H/c4-1-3(6)2-5;;;;;/h3-6H,1-2H2;;;1H;;/q;2*+1;;2*-1. The Bertz CT molecular complexity index is 41.0. The van der Waals surface area contributed by atoms with E-state index in [1.807, 2.05) is 0 Å². The first kappa shape index (κ1) is 16.5. The van der Waals surface area contributed by atoms with Crippen molar-refractivity contribution >= 4 is 0 Å². The van der Waals surface area contributed by atoms with E-state index in [9.17, 15) is 0 Å². The molecule has 0 aliphatic rings. The van der Waals surface area contributed by atoms with Gasteiger partial charge in [-0.2, -0.15) is 0 Å². The summed E-state index contributed by atoms with van der Waals surface area (Å²) in [5.74, 6) is 0. The third kappa shape index (κ3) is 10.8. The monoisotopic (exact) mass is 142 g/mol. The fourth-order valence-electron chi connectivity index (χ4n) is 0.0577. The summed E-state index contributed by atoms with van der Waals surface area (Å²) in [6.45, 7) is -0.729. The molecule has 0 spiro atoms. The molecule has 0 aliphatic carbocycles. The van der Waals surface area contributed by atoms with Gasteiger partial charge in [-0.25, -0.2) is 0 Å². The Morgan fingerprint density at radius 2 is 1.50 bits per heavy atom. The summed E-state index contributed by atoms with van der Waals surface area (Å²) in [7, 11) is 0. The minimum Gasteiger partial charge on any atom is -1.00 e. The minimum absolute atomic E-state index is 0. The summed E-state index contributed by atoms with van der Waals surface area (Å²) in [6, 6.07) is 0. The molecule has 0 saturated carbocycles. The van der Waals surface area contributed by atoms with Gasteiger partial charge in [-0.05, 0) is 0 Å². The molecule has 0 heterocycles. The summed E-state index contributed by atoms with van der Waals surface area (Å²) in [4.78, 5) is 0. The summed E-state index contributed by atoms with van der Waals surface area (Å²) in [5, 5.41) is 24.0. The molecular formula is C3H12Na2O3. The second kappa shape index (κ2) is 11.6. The quantitative estimate of drug-likeness (QED) is 0.336. The second-order valence-corrected chi connectivity index (χ2v) is 1.02. The minimum atomic E-state index is -0.954. The van der Waals surface area contributed by atoms with Gasteiger partial charge in [-0.3, -0.25) is 0 Å². The van der Waals surface area contributed by atoms with E-state index in [1.165, 1.54) is 0 Å². The molecular weight excluding hydrogens is 130 g/mol. The molecule has 0 aliphatic heterocycles. The molecule has 0 aromatic carbocycles. The zero-order valence-electron chi connectivity index (χ0n) is 7.33. The van der Waals surface area contributed by atoms with Crippen molar-refractivity contribution in [2.24, 2.45) is 0 Å². The van der Waals surface area contributed by atoms with E-state index < -0.39 is 6.10 Å². The van der Waals surface area contributed by atoms with Crippen LogP contribution in [0.5, 0.6) is 0 Å². The van der Waals surface area contributed by atoms with Gasteiger partial charge < -0.3 is 18.2 Å². The Kier molecular flexibility index (Phi) is 24.0. The molecule has 0 unspecified atom stereocenters. The van der Waals surface area contributed by atoms with Crippen LogP contribution >= 0.6 is 0 Å². The molecule has 0 rings (SSSR count). The molecule has 0 atom stereocenters. The fraction of sp³-hybridized carbons (Fsp3) is 1.00. The van der Waals surface area contributed by atoms with Crippen molar-refractivity contribution in [2.45, 2.75) is 6.10 Å². The maximum absolute atomic E-state index is 8.17. The molecule has 5 heteroatoms. The Morgan fingerprint density at radius 1 is 1.25 bits per heavy atom. The summed E-state index contributed by atoms with van der Waals surface area (Å²) >= 11 is 0. The average molecular weight is 142 g/mol. The first-order valence-electron chi connectivity index (χ1n) is 1.71. The summed E-state index contributed by atoms with van der Waals surface area (Å²) in [6.07, 6.45) is -0.954. The number of hydrogen-bond donors (Lipinski definition) is 3. The van der Waals surface area contributed by atoms with Gasteiger partial charge >= 0.3 is 59.1 Å². The van der Waals surface area contributed by atoms with Gasteiger partial charge in [0.2, 0.25) is 0 Å². The van der Waals surface area contributed by atoms with E-state index in [1.54, 1.807) is 0 Å². The number of rotatable bonds is 2. The maximum atomic E-state index is 8.17. The van der Waals surface area contributed by atoms with E-state index >= 15 is 0 Å². The maximum Gasteiger partial charge on any atom is 1.00 e. The van der Waals surface area contributed by atoms with E-state index in [2.05, 4.69) is 0 Å². The molecule has 0 radical (unpaired) electrons. The van der Waals surface area contributed by atoms with Gasteiger partial charge in [0.1, 0.15) is 6.10 Å². The molecule has 3 nitrogen and oxygen atoms in total. The predicted molar refractivity (Wildman–Crippen MR) is 24.5 cm³/mol. The van der Waals surface area contributed by atoms with Crippen molar-refractivity contribution in [3.63, 3.8) is 0 Å². The Morgan fingerprint density at radius 3 is 1.50 bits per heavy atom. The molecule has 0 aromatic heterocycles. The van der Waals surface area contributed by atoms with Gasteiger partial charge in [0.25, 0.3) is 0 Å². The van der Waals surface area contributed by atoms with Crippen LogP contribution in [0.25, 0.3) is 0 Å². The van der Waals surface area contributed by atoms with Gasteiger partial charge in [0, 0.05) is 1.43 Å². The normalized spacial score (nSPS) is 7.50. The van der Waals surface area contributed by atoms with Gasteiger partial charge in [-0.15, -0.1) is 0 Å². The van der Waals surface area contributed by atoms with Gasteiger partial charge in [0.15, 0.2) is 0 Å².